The van der Waals surface area contributed by atoms with Gasteiger partial charge in [0.15, 0.2) is 5.03 Å². The van der Waals surface area contributed by atoms with Gasteiger partial charge in [-0.3, -0.25) is 4.72 Å². The molecule has 0 radical (unpaired) electrons. The summed E-state index contributed by atoms with van der Waals surface area (Å²) in [6.07, 6.45) is -0.579. The molecule has 0 fully saturated rings. The van der Waals surface area contributed by atoms with Crippen LogP contribution in [0.3, 0.4) is 0 Å². The Bertz CT molecular complexity index is 1260. The van der Waals surface area contributed by atoms with Gasteiger partial charge in [0.05, 0.1) is 11.3 Å². The van der Waals surface area contributed by atoms with Crippen LogP contribution in [0.5, 0.6) is 0 Å². The maximum absolute atomic E-state index is 13.7. The zero-order chi connectivity index (χ0) is 22.1. The van der Waals surface area contributed by atoms with E-state index in [1.54, 1.807) is 30.3 Å². The molecule has 1 aromatic carbocycles. The Hall–Kier alpha value is -3.40. The minimum Gasteiger partial charge on any atom is -0.370 e. The lowest BCUT2D eigenvalue weighted by Gasteiger charge is -2.16. The van der Waals surface area contributed by atoms with Crippen molar-refractivity contribution in [1.82, 2.24) is 9.97 Å². The van der Waals surface area contributed by atoms with Crippen LogP contribution < -0.4 is 10.0 Å². The molecule has 1 aliphatic rings. The number of benzene rings is 1. The summed E-state index contributed by atoms with van der Waals surface area (Å²) >= 11 is 0. The van der Waals surface area contributed by atoms with E-state index in [-0.39, 0.29) is 22.1 Å². The van der Waals surface area contributed by atoms with Gasteiger partial charge in [-0.1, -0.05) is 42.5 Å². The molecule has 0 atom stereocenters. The van der Waals surface area contributed by atoms with Crippen LogP contribution in [0.25, 0.3) is 17.3 Å². The number of nitrogens with zero attached hydrogens (tertiary/aromatic N) is 2. The van der Waals surface area contributed by atoms with Crippen LogP contribution in [0.2, 0.25) is 0 Å². The second-order valence-electron chi connectivity index (χ2n) is 6.76. The molecule has 3 heterocycles. The zero-order valence-corrected chi connectivity index (χ0v) is 16.8. The van der Waals surface area contributed by atoms with Crippen LogP contribution in [-0.2, 0) is 16.2 Å². The van der Waals surface area contributed by atoms with Crippen LogP contribution >= 0.6 is 0 Å². The number of fused-ring (bicyclic) bond motifs is 6. The second-order valence-corrected chi connectivity index (χ2v) is 8.39. The van der Waals surface area contributed by atoms with Gasteiger partial charge in [0.2, 0.25) is 0 Å². The van der Waals surface area contributed by atoms with Crippen molar-refractivity contribution in [3.05, 3.63) is 71.8 Å². The van der Waals surface area contributed by atoms with E-state index >= 15 is 0 Å². The summed E-state index contributed by atoms with van der Waals surface area (Å²) in [5.41, 5.74) is -0.534. The summed E-state index contributed by atoms with van der Waals surface area (Å²) in [5, 5.41) is 2.76. The molecule has 4 rings (SSSR count). The van der Waals surface area contributed by atoms with Crippen molar-refractivity contribution < 1.29 is 21.6 Å². The molecule has 0 amide bonds. The summed E-state index contributed by atoms with van der Waals surface area (Å²) < 4.78 is 68.8. The summed E-state index contributed by atoms with van der Waals surface area (Å²) in [7, 11) is -4.16. The number of alkyl halides is 3. The smallest absolute Gasteiger partial charge is 0.370 e. The van der Waals surface area contributed by atoms with Gasteiger partial charge in [-0.15, -0.1) is 0 Å². The van der Waals surface area contributed by atoms with E-state index in [1.165, 1.54) is 18.2 Å². The predicted molar refractivity (Wildman–Crippen MR) is 112 cm³/mol. The SMILES string of the molecule is O=S1(=O)Nc2ccc(C(F)(F)F)c(n2)-c2ccccc2C=CCCNc2cccc1n2. The highest BCUT2D eigenvalue weighted by atomic mass is 32.2. The monoisotopic (exact) mass is 446 g/mol. The lowest BCUT2D eigenvalue weighted by atomic mass is 9.99. The summed E-state index contributed by atoms with van der Waals surface area (Å²) in [6.45, 7) is 0.461. The number of nitrogens with one attached hydrogen (secondary N) is 2. The van der Waals surface area contributed by atoms with E-state index in [4.69, 9.17) is 0 Å². The Balaban J connectivity index is 1.92. The van der Waals surface area contributed by atoms with Gasteiger partial charge < -0.3 is 5.32 Å². The topological polar surface area (TPSA) is 84.0 Å². The third-order valence-corrected chi connectivity index (χ3v) is 5.82. The first-order valence-electron chi connectivity index (χ1n) is 9.32. The van der Waals surface area contributed by atoms with Crippen molar-refractivity contribution in [3.63, 3.8) is 0 Å². The molecule has 0 saturated carbocycles. The van der Waals surface area contributed by atoms with Crippen molar-refractivity contribution in [1.29, 1.82) is 0 Å². The lowest BCUT2D eigenvalue weighted by molar-refractivity contribution is -0.137. The number of hydrogen-bond acceptors (Lipinski definition) is 5. The minimum atomic E-state index is -4.67. The molecule has 4 bridgehead atoms. The van der Waals surface area contributed by atoms with Crippen molar-refractivity contribution in [2.24, 2.45) is 0 Å². The number of hydrogen-bond donors (Lipinski definition) is 2. The molecule has 0 spiro atoms. The molecular formula is C21H17F3N4O2S. The van der Waals surface area contributed by atoms with Crippen molar-refractivity contribution in [2.75, 3.05) is 16.6 Å². The third kappa shape index (κ3) is 4.53. The van der Waals surface area contributed by atoms with Crippen LogP contribution in [0, 0.1) is 0 Å². The van der Waals surface area contributed by atoms with Crippen molar-refractivity contribution >= 4 is 27.7 Å². The highest BCUT2D eigenvalue weighted by molar-refractivity contribution is 7.92. The maximum atomic E-state index is 13.7. The summed E-state index contributed by atoms with van der Waals surface area (Å²) in [6, 6.07) is 12.8. The molecule has 31 heavy (non-hydrogen) atoms. The molecule has 6 nitrogen and oxygen atoms in total. The molecule has 0 aliphatic carbocycles. The number of aromatic nitrogens is 2. The summed E-state index contributed by atoms with van der Waals surface area (Å²) in [4.78, 5) is 8.12. The maximum Gasteiger partial charge on any atom is 0.418 e. The largest absolute Gasteiger partial charge is 0.418 e. The molecule has 0 unspecified atom stereocenters. The van der Waals surface area contributed by atoms with Gasteiger partial charge in [-0.2, -0.15) is 21.6 Å². The molecule has 2 N–H and O–H groups in total. The average Bonchev–Trinajstić information content (AvgIpc) is 2.72. The lowest BCUT2D eigenvalue weighted by Crippen LogP contribution is -2.17. The number of pyridine rings is 2. The van der Waals surface area contributed by atoms with Crippen LogP contribution in [0.4, 0.5) is 24.8 Å². The fraction of sp³-hybridized carbons (Fsp3) is 0.143. The Morgan fingerprint density at radius 2 is 1.71 bits per heavy atom. The zero-order valence-electron chi connectivity index (χ0n) is 16.0. The van der Waals surface area contributed by atoms with E-state index in [1.807, 2.05) is 6.08 Å². The number of sulfonamides is 1. The second kappa shape index (κ2) is 8.03. The molecule has 0 saturated heterocycles. The van der Waals surface area contributed by atoms with E-state index in [0.29, 0.717) is 24.3 Å². The molecular weight excluding hydrogens is 429 g/mol. The standard InChI is InChI=1S/C21H17F3N4O2S/c22-21(23,24)16-11-12-18-27-20(16)15-8-2-1-6-14(15)7-3-4-13-25-17-9-5-10-19(26-17)31(29,30)28-18/h1-3,5-12H,4,13H2,(H,25,26)(H,27,28). The molecule has 2 aromatic heterocycles. The Morgan fingerprint density at radius 3 is 2.52 bits per heavy atom. The Morgan fingerprint density at radius 1 is 0.903 bits per heavy atom. The van der Waals surface area contributed by atoms with Gasteiger partial charge in [-0.25, -0.2) is 9.97 Å². The van der Waals surface area contributed by atoms with Crippen LogP contribution in [-0.4, -0.2) is 24.9 Å². The molecule has 10 heteroatoms. The minimum absolute atomic E-state index is 0.239. The average molecular weight is 446 g/mol. The van der Waals surface area contributed by atoms with Crippen molar-refractivity contribution in [2.45, 2.75) is 17.6 Å². The van der Waals surface area contributed by atoms with Gasteiger partial charge in [0, 0.05) is 12.1 Å². The fourth-order valence-corrected chi connectivity index (χ4v) is 4.12. The first-order chi connectivity index (χ1) is 14.7. The normalized spacial score (nSPS) is 15.6. The number of rotatable bonds is 0. The number of halogens is 3. The molecule has 160 valence electrons. The molecule has 3 aromatic rings. The van der Waals surface area contributed by atoms with Gasteiger partial charge >= 0.3 is 6.18 Å². The van der Waals surface area contributed by atoms with E-state index < -0.39 is 21.8 Å². The third-order valence-electron chi connectivity index (χ3n) is 4.57. The highest BCUT2D eigenvalue weighted by Gasteiger charge is 2.35. The molecule has 1 aliphatic heterocycles. The van der Waals surface area contributed by atoms with Crippen LogP contribution in [0.1, 0.15) is 17.5 Å². The van der Waals surface area contributed by atoms with Gasteiger partial charge in [0.1, 0.15) is 11.6 Å². The predicted octanol–water partition coefficient (Wildman–Crippen LogP) is 4.79. The van der Waals surface area contributed by atoms with Gasteiger partial charge in [0.25, 0.3) is 10.0 Å². The number of anilines is 2. The van der Waals surface area contributed by atoms with E-state index in [2.05, 4.69) is 20.0 Å². The quantitative estimate of drug-likeness (QED) is 0.519. The highest BCUT2D eigenvalue weighted by Crippen LogP contribution is 2.38. The summed E-state index contributed by atoms with van der Waals surface area (Å²) in [5.74, 6) is 0.129. The van der Waals surface area contributed by atoms with E-state index in [9.17, 15) is 21.6 Å². The fourth-order valence-electron chi connectivity index (χ4n) is 3.15. The Labute approximate surface area is 176 Å². The van der Waals surface area contributed by atoms with Crippen LogP contribution in [0.15, 0.2) is 65.7 Å². The van der Waals surface area contributed by atoms with Gasteiger partial charge in [-0.05, 0) is 36.2 Å². The van der Waals surface area contributed by atoms with Crippen molar-refractivity contribution in [3.8, 4) is 11.3 Å². The first kappa shape index (κ1) is 20.9. The van der Waals surface area contributed by atoms with E-state index in [0.717, 1.165) is 12.1 Å². The Kier molecular flexibility index (Phi) is 5.40. The first-order valence-corrected chi connectivity index (χ1v) is 10.8.